The smallest absolute Gasteiger partial charge is 0.251 e. The first-order chi connectivity index (χ1) is 9.56. The molecule has 0 aliphatic rings. The monoisotopic (exact) mass is 270 g/mol. The predicted molar refractivity (Wildman–Crippen MR) is 80.0 cm³/mol. The molecule has 20 heavy (non-hydrogen) atoms. The summed E-state index contributed by atoms with van der Waals surface area (Å²) in [5.41, 5.74) is 2.47. The molecule has 0 radical (unpaired) electrons. The van der Waals surface area contributed by atoms with Crippen LogP contribution in [-0.4, -0.2) is 25.1 Å². The summed E-state index contributed by atoms with van der Waals surface area (Å²) in [5, 5.41) is 12.2. The second-order valence-electron chi connectivity index (χ2n) is 4.80. The number of nitrogens with zero attached hydrogens (tertiary/aromatic N) is 1. The van der Waals surface area contributed by atoms with Gasteiger partial charge in [0.2, 0.25) is 0 Å². The van der Waals surface area contributed by atoms with Crippen LogP contribution >= 0.6 is 0 Å². The van der Waals surface area contributed by atoms with Gasteiger partial charge in [-0.2, -0.15) is 0 Å². The van der Waals surface area contributed by atoms with Gasteiger partial charge in [-0.15, -0.1) is 0 Å². The average Bonchev–Trinajstić information content (AvgIpc) is 2.45. The zero-order valence-electron chi connectivity index (χ0n) is 11.6. The Balaban J connectivity index is 2.03. The maximum absolute atomic E-state index is 12.1. The van der Waals surface area contributed by atoms with E-state index < -0.39 is 0 Å². The number of anilines is 1. The van der Waals surface area contributed by atoms with E-state index in [0.717, 1.165) is 11.3 Å². The molecule has 0 saturated heterocycles. The number of phenolic OH excluding ortho intramolecular Hbond substituents is 1. The first kappa shape index (κ1) is 13.9. The zero-order valence-corrected chi connectivity index (χ0v) is 11.6. The minimum absolute atomic E-state index is 0.128. The van der Waals surface area contributed by atoms with E-state index in [4.69, 9.17) is 0 Å². The van der Waals surface area contributed by atoms with E-state index in [1.807, 2.05) is 43.3 Å². The number of hydrogen-bond acceptors (Lipinski definition) is 3. The van der Waals surface area contributed by atoms with Crippen LogP contribution in [0.3, 0.4) is 0 Å². The lowest BCUT2D eigenvalue weighted by Crippen LogP contribution is -2.23. The number of phenols is 1. The van der Waals surface area contributed by atoms with Crippen molar-refractivity contribution in [3.05, 3.63) is 59.7 Å². The molecule has 2 N–H and O–H groups in total. The number of aromatic hydroxyl groups is 1. The maximum atomic E-state index is 12.1. The first-order valence-corrected chi connectivity index (χ1v) is 6.40. The lowest BCUT2D eigenvalue weighted by molar-refractivity contribution is 0.0951. The summed E-state index contributed by atoms with van der Waals surface area (Å²) in [5.74, 6) is 0.0726. The third-order valence-corrected chi connectivity index (χ3v) is 2.99. The van der Waals surface area contributed by atoms with Gasteiger partial charge in [0.15, 0.2) is 0 Å². The molecule has 0 saturated carbocycles. The number of nitrogens with one attached hydrogen (secondary N) is 1. The molecule has 0 heterocycles. The minimum atomic E-state index is -0.128. The molecule has 0 unspecified atom stereocenters. The largest absolute Gasteiger partial charge is 0.508 e. The van der Waals surface area contributed by atoms with Crippen molar-refractivity contribution in [2.75, 3.05) is 19.0 Å². The summed E-state index contributed by atoms with van der Waals surface area (Å²) in [6.07, 6.45) is 0. The Hall–Kier alpha value is -2.49. The second kappa shape index (κ2) is 6.10. The highest BCUT2D eigenvalue weighted by molar-refractivity contribution is 5.95. The van der Waals surface area contributed by atoms with Gasteiger partial charge in [0.25, 0.3) is 5.91 Å². The Labute approximate surface area is 118 Å². The van der Waals surface area contributed by atoms with Gasteiger partial charge < -0.3 is 15.3 Å². The van der Waals surface area contributed by atoms with Gasteiger partial charge in [-0.3, -0.25) is 4.79 Å². The van der Waals surface area contributed by atoms with Crippen LogP contribution in [0.4, 0.5) is 5.69 Å². The van der Waals surface area contributed by atoms with Gasteiger partial charge in [0.1, 0.15) is 5.75 Å². The highest BCUT2D eigenvalue weighted by atomic mass is 16.3. The van der Waals surface area contributed by atoms with Crippen molar-refractivity contribution < 1.29 is 9.90 Å². The Morgan fingerprint density at radius 1 is 1.15 bits per heavy atom. The van der Waals surface area contributed by atoms with Crippen LogP contribution in [0.1, 0.15) is 15.9 Å². The van der Waals surface area contributed by atoms with Crippen molar-refractivity contribution in [1.82, 2.24) is 5.32 Å². The van der Waals surface area contributed by atoms with Gasteiger partial charge in [0, 0.05) is 31.9 Å². The Bertz CT molecular complexity index is 609. The molecule has 0 bridgehead atoms. The molecule has 0 aliphatic carbocycles. The van der Waals surface area contributed by atoms with Crippen molar-refractivity contribution >= 4 is 11.6 Å². The van der Waals surface area contributed by atoms with Crippen molar-refractivity contribution in [3.8, 4) is 5.75 Å². The van der Waals surface area contributed by atoms with Crippen molar-refractivity contribution in [1.29, 1.82) is 0 Å². The van der Waals surface area contributed by atoms with Crippen molar-refractivity contribution in [3.63, 3.8) is 0 Å². The summed E-state index contributed by atoms with van der Waals surface area (Å²) in [7, 11) is 3.87. The van der Waals surface area contributed by atoms with Crippen LogP contribution in [0.2, 0.25) is 0 Å². The molecule has 0 aromatic heterocycles. The third kappa shape index (κ3) is 3.51. The summed E-state index contributed by atoms with van der Waals surface area (Å²) in [6.45, 7) is 0.388. The number of carbonyl (C=O) groups is 1. The molecule has 1 amide bonds. The number of hydrogen-bond donors (Lipinski definition) is 2. The summed E-state index contributed by atoms with van der Waals surface area (Å²) >= 11 is 0. The molecule has 4 nitrogen and oxygen atoms in total. The van der Waals surface area contributed by atoms with Crippen molar-refractivity contribution in [2.45, 2.75) is 6.54 Å². The fraction of sp³-hybridized carbons (Fsp3) is 0.188. The maximum Gasteiger partial charge on any atom is 0.251 e. The van der Waals surface area contributed by atoms with Crippen LogP contribution in [0, 0.1) is 0 Å². The van der Waals surface area contributed by atoms with E-state index in [1.165, 1.54) is 0 Å². The molecule has 104 valence electrons. The van der Waals surface area contributed by atoms with E-state index in [0.29, 0.717) is 12.1 Å². The van der Waals surface area contributed by atoms with Gasteiger partial charge in [-0.1, -0.05) is 18.2 Å². The van der Waals surface area contributed by atoms with Crippen LogP contribution in [0.5, 0.6) is 5.75 Å². The summed E-state index contributed by atoms with van der Waals surface area (Å²) in [6, 6.07) is 14.3. The van der Waals surface area contributed by atoms with Crippen LogP contribution in [-0.2, 0) is 6.54 Å². The highest BCUT2D eigenvalue weighted by Crippen LogP contribution is 2.14. The molecular weight excluding hydrogens is 252 g/mol. The van der Waals surface area contributed by atoms with E-state index in [9.17, 15) is 9.90 Å². The SMILES string of the molecule is CN(C)c1cccc(C(=O)NCc2cccc(O)c2)c1. The van der Waals surface area contributed by atoms with Gasteiger partial charge in [0.05, 0.1) is 0 Å². The molecule has 0 atom stereocenters. The molecule has 0 fully saturated rings. The molecule has 4 heteroatoms. The highest BCUT2D eigenvalue weighted by Gasteiger charge is 2.07. The molecule has 0 aliphatic heterocycles. The molecular formula is C16H18N2O2. The third-order valence-electron chi connectivity index (χ3n) is 2.99. The van der Waals surface area contributed by atoms with Gasteiger partial charge >= 0.3 is 0 Å². The van der Waals surface area contributed by atoms with E-state index in [2.05, 4.69) is 5.32 Å². The fourth-order valence-electron chi connectivity index (χ4n) is 1.88. The van der Waals surface area contributed by atoms with Crippen LogP contribution in [0.25, 0.3) is 0 Å². The Morgan fingerprint density at radius 3 is 2.60 bits per heavy atom. The molecule has 0 spiro atoms. The van der Waals surface area contributed by atoms with Crippen LogP contribution < -0.4 is 10.2 Å². The van der Waals surface area contributed by atoms with E-state index in [-0.39, 0.29) is 11.7 Å². The number of benzene rings is 2. The number of rotatable bonds is 4. The Kier molecular flexibility index (Phi) is 4.25. The standard InChI is InChI=1S/C16H18N2O2/c1-18(2)14-7-4-6-13(10-14)16(20)17-11-12-5-3-8-15(19)9-12/h3-10,19H,11H2,1-2H3,(H,17,20). The van der Waals surface area contributed by atoms with E-state index >= 15 is 0 Å². The first-order valence-electron chi connectivity index (χ1n) is 6.40. The number of amides is 1. The quantitative estimate of drug-likeness (QED) is 0.897. The van der Waals surface area contributed by atoms with Crippen LogP contribution in [0.15, 0.2) is 48.5 Å². The summed E-state index contributed by atoms with van der Waals surface area (Å²) in [4.78, 5) is 14.0. The molecule has 2 aromatic carbocycles. The fourth-order valence-corrected chi connectivity index (χ4v) is 1.88. The lowest BCUT2D eigenvalue weighted by Gasteiger charge is -2.13. The molecule has 2 rings (SSSR count). The van der Waals surface area contributed by atoms with Crippen molar-refractivity contribution in [2.24, 2.45) is 0 Å². The summed E-state index contributed by atoms with van der Waals surface area (Å²) < 4.78 is 0. The predicted octanol–water partition coefficient (Wildman–Crippen LogP) is 2.39. The Morgan fingerprint density at radius 2 is 1.90 bits per heavy atom. The van der Waals surface area contributed by atoms with Gasteiger partial charge in [-0.25, -0.2) is 0 Å². The number of carbonyl (C=O) groups excluding carboxylic acids is 1. The average molecular weight is 270 g/mol. The topological polar surface area (TPSA) is 52.6 Å². The zero-order chi connectivity index (χ0) is 14.5. The minimum Gasteiger partial charge on any atom is -0.508 e. The van der Waals surface area contributed by atoms with Gasteiger partial charge in [-0.05, 0) is 35.9 Å². The second-order valence-corrected chi connectivity index (χ2v) is 4.80. The normalized spacial score (nSPS) is 10.1. The molecule has 2 aromatic rings. The van der Waals surface area contributed by atoms with E-state index in [1.54, 1.807) is 24.3 Å². The lowest BCUT2D eigenvalue weighted by atomic mass is 10.1.